The minimum atomic E-state index is 0.121. The van der Waals surface area contributed by atoms with E-state index in [1.54, 1.807) is 6.07 Å². The zero-order valence-electron chi connectivity index (χ0n) is 11.9. The standard InChI is InChI=1S/C15H19Cl2N3/c1-10(2)20-7-6-12(19-20)9-15(18-3)13-5-4-11(16)8-14(13)17/h4-8,10,15,18H,9H2,1-3H3. The van der Waals surface area contributed by atoms with Crippen molar-refractivity contribution in [3.8, 4) is 0 Å². The fraction of sp³-hybridized carbons (Fsp3) is 0.400. The van der Waals surface area contributed by atoms with Gasteiger partial charge < -0.3 is 5.32 Å². The lowest BCUT2D eigenvalue weighted by Crippen LogP contribution is -2.19. The summed E-state index contributed by atoms with van der Waals surface area (Å²) in [5.74, 6) is 0. The highest BCUT2D eigenvalue weighted by atomic mass is 35.5. The van der Waals surface area contributed by atoms with Crippen LogP contribution in [0.5, 0.6) is 0 Å². The van der Waals surface area contributed by atoms with Crippen LogP contribution >= 0.6 is 23.2 Å². The highest BCUT2D eigenvalue weighted by Crippen LogP contribution is 2.28. The minimum absolute atomic E-state index is 0.121. The Kier molecular flexibility index (Phi) is 5.08. The number of nitrogens with zero attached hydrogens (tertiary/aromatic N) is 2. The summed E-state index contributed by atoms with van der Waals surface area (Å²) in [7, 11) is 1.93. The average molecular weight is 312 g/mol. The molecule has 1 heterocycles. The molecule has 0 bridgehead atoms. The third-order valence-corrected chi connectivity index (χ3v) is 3.85. The van der Waals surface area contributed by atoms with Gasteiger partial charge in [0.2, 0.25) is 0 Å². The van der Waals surface area contributed by atoms with Gasteiger partial charge in [0.05, 0.1) is 5.69 Å². The maximum Gasteiger partial charge on any atom is 0.0643 e. The fourth-order valence-corrected chi connectivity index (χ4v) is 2.67. The van der Waals surface area contributed by atoms with Gasteiger partial charge in [0.1, 0.15) is 0 Å². The van der Waals surface area contributed by atoms with Crippen LogP contribution in [-0.2, 0) is 6.42 Å². The molecule has 108 valence electrons. The van der Waals surface area contributed by atoms with Gasteiger partial charge in [-0.2, -0.15) is 5.10 Å². The summed E-state index contributed by atoms with van der Waals surface area (Å²) in [5, 5.41) is 9.20. The monoisotopic (exact) mass is 311 g/mol. The smallest absolute Gasteiger partial charge is 0.0643 e. The Morgan fingerprint density at radius 3 is 2.55 bits per heavy atom. The predicted octanol–water partition coefficient (Wildman–Crippen LogP) is 4.27. The lowest BCUT2D eigenvalue weighted by molar-refractivity contribution is 0.515. The molecule has 1 aromatic heterocycles. The second kappa shape index (κ2) is 6.61. The summed E-state index contributed by atoms with van der Waals surface area (Å²) in [6.45, 7) is 4.23. The molecule has 0 aliphatic heterocycles. The first-order chi connectivity index (χ1) is 9.51. The van der Waals surface area contributed by atoms with Gasteiger partial charge >= 0.3 is 0 Å². The normalized spacial score (nSPS) is 12.9. The fourth-order valence-electron chi connectivity index (χ4n) is 2.13. The van der Waals surface area contributed by atoms with E-state index in [4.69, 9.17) is 23.2 Å². The van der Waals surface area contributed by atoms with Gasteiger partial charge in [0.25, 0.3) is 0 Å². The van der Waals surface area contributed by atoms with E-state index in [1.165, 1.54) is 0 Å². The molecule has 0 saturated heterocycles. The maximum atomic E-state index is 6.27. The van der Waals surface area contributed by atoms with Crippen LogP contribution in [0.4, 0.5) is 0 Å². The first-order valence-corrected chi connectivity index (χ1v) is 7.43. The first kappa shape index (κ1) is 15.4. The van der Waals surface area contributed by atoms with Gasteiger partial charge in [-0.05, 0) is 44.7 Å². The number of rotatable bonds is 5. The van der Waals surface area contributed by atoms with E-state index in [2.05, 4.69) is 24.3 Å². The van der Waals surface area contributed by atoms with Gasteiger partial charge in [-0.25, -0.2) is 0 Å². The Morgan fingerprint density at radius 1 is 1.25 bits per heavy atom. The summed E-state index contributed by atoms with van der Waals surface area (Å²) in [4.78, 5) is 0. The predicted molar refractivity (Wildman–Crippen MR) is 84.6 cm³/mol. The lowest BCUT2D eigenvalue weighted by atomic mass is 10.0. The van der Waals surface area contributed by atoms with Crippen molar-refractivity contribution in [2.24, 2.45) is 0 Å². The van der Waals surface area contributed by atoms with Crippen LogP contribution in [0.2, 0.25) is 10.0 Å². The number of halogens is 2. The molecule has 1 aromatic carbocycles. The molecule has 1 unspecified atom stereocenters. The van der Waals surface area contributed by atoms with Crippen LogP contribution in [0.3, 0.4) is 0 Å². The summed E-state index contributed by atoms with van der Waals surface area (Å²) in [6, 6.07) is 8.14. The van der Waals surface area contributed by atoms with E-state index in [9.17, 15) is 0 Å². The molecule has 0 radical (unpaired) electrons. The lowest BCUT2D eigenvalue weighted by Gasteiger charge is -2.17. The third-order valence-electron chi connectivity index (χ3n) is 3.29. The first-order valence-electron chi connectivity index (χ1n) is 6.67. The van der Waals surface area contributed by atoms with E-state index in [-0.39, 0.29) is 6.04 Å². The van der Waals surface area contributed by atoms with Crippen LogP contribution in [0.1, 0.15) is 37.2 Å². The molecule has 0 saturated carbocycles. The van der Waals surface area contributed by atoms with Crippen molar-refractivity contribution in [1.82, 2.24) is 15.1 Å². The highest BCUT2D eigenvalue weighted by Gasteiger charge is 2.15. The maximum absolute atomic E-state index is 6.27. The Hall–Kier alpha value is -1.03. The van der Waals surface area contributed by atoms with Crippen molar-refractivity contribution in [3.63, 3.8) is 0 Å². The summed E-state index contributed by atoms with van der Waals surface area (Å²) < 4.78 is 1.96. The molecule has 0 amide bonds. The van der Waals surface area contributed by atoms with Crippen molar-refractivity contribution in [2.75, 3.05) is 7.05 Å². The Morgan fingerprint density at radius 2 is 2.00 bits per heavy atom. The third kappa shape index (κ3) is 3.54. The van der Waals surface area contributed by atoms with Crippen molar-refractivity contribution < 1.29 is 0 Å². The molecule has 3 nitrogen and oxygen atoms in total. The molecule has 20 heavy (non-hydrogen) atoms. The SMILES string of the molecule is CNC(Cc1ccn(C(C)C)n1)c1ccc(Cl)cc1Cl. The molecule has 2 rings (SSSR count). The molecular weight excluding hydrogens is 293 g/mol. The number of aromatic nitrogens is 2. The molecule has 0 spiro atoms. The van der Waals surface area contributed by atoms with E-state index in [0.29, 0.717) is 16.1 Å². The van der Waals surface area contributed by atoms with E-state index < -0.39 is 0 Å². The second-order valence-electron chi connectivity index (χ2n) is 5.09. The molecule has 1 atom stereocenters. The van der Waals surface area contributed by atoms with Gasteiger partial charge in [-0.15, -0.1) is 0 Å². The van der Waals surface area contributed by atoms with Crippen LogP contribution in [0.15, 0.2) is 30.5 Å². The number of nitrogens with one attached hydrogen (secondary N) is 1. The Balaban J connectivity index is 2.19. The molecule has 5 heteroatoms. The molecule has 1 N–H and O–H groups in total. The van der Waals surface area contributed by atoms with Crippen molar-refractivity contribution in [2.45, 2.75) is 32.4 Å². The van der Waals surface area contributed by atoms with Crippen molar-refractivity contribution in [1.29, 1.82) is 0 Å². The second-order valence-corrected chi connectivity index (χ2v) is 5.94. The zero-order valence-corrected chi connectivity index (χ0v) is 13.4. The number of hydrogen-bond acceptors (Lipinski definition) is 2. The summed E-state index contributed by atoms with van der Waals surface area (Å²) >= 11 is 12.2. The topological polar surface area (TPSA) is 29.9 Å². The van der Waals surface area contributed by atoms with Crippen LogP contribution in [-0.4, -0.2) is 16.8 Å². The minimum Gasteiger partial charge on any atom is -0.313 e. The number of hydrogen-bond donors (Lipinski definition) is 1. The van der Waals surface area contributed by atoms with E-state index in [0.717, 1.165) is 17.7 Å². The van der Waals surface area contributed by atoms with E-state index >= 15 is 0 Å². The largest absolute Gasteiger partial charge is 0.313 e. The van der Waals surface area contributed by atoms with E-state index in [1.807, 2.05) is 36.1 Å². The van der Waals surface area contributed by atoms with Crippen molar-refractivity contribution >= 4 is 23.2 Å². The summed E-state index contributed by atoms with van der Waals surface area (Å²) in [6.07, 6.45) is 2.80. The van der Waals surface area contributed by atoms with Gasteiger partial charge in [-0.3, -0.25) is 4.68 Å². The summed E-state index contributed by atoms with van der Waals surface area (Å²) in [5.41, 5.74) is 2.08. The molecular formula is C15H19Cl2N3. The van der Waals surface area contributed by atoms with Gasteiger partial charge in [-0.1, -0.05) is 29.3 Å². The van der Waals surface area contributed by atoms with Crippen LogP contribution in [0, 0.1) is 0 Å². The van der Waals surface area contributed by atoms with Gasteiger partial charge in [0.15, 0.2) is 0 Å². The average Bonchev–Trinajstić information content (AvgIpc) is 2.85. The van der Waals surface area contributed by atoms with Crippen LogP contribution < -0.4 is 5.32 Å². The Labute approximate surface area is 129 Å². The number of likely N-dealkylation sites (N-methyl/N-ethyl adjacent to an activating group) is 1. The Bertz CT molecular complexity index is 578. The quantitative estimate of drug-likeness (QED) is 0.893. The molecule has 0 aliphatic carbocycles. The van der Waals surface area contributed by atoms with Gasteiger partial charge in [0, 0.05) is 34.7 Å². The molecule has 2 aromatic rings. The highest BCUT2D eigenvalue weighted by molar-refractivity contribution is 6.35. The molecule has 0 fully saturated rings. The van der Waals surface area contributed by atoms with Crippen molar-refractivity contribution in [3.05, 3.63) is 51.8 Å². The number of benzene rings is 1. The zero-order chi connectivity index (χ0) is 14.7. The molecule has 0 aliphatic rings. The van der Waals surface area contributed by atoms with Crippen LogP contribution in [0.25, 0.3) is 0 Å².